The Balaban J connectivity index is 0.00000208. The molecule has 3 rings (SSSR count). The van der Waals surface area contributed by atoms with Crippen molar-refractivity contribution in [1.29, 1.82) is 0 Å². The Morgan fingerprint density at radius 1 is 1.08 bits per heavy atom. The third-order valence-corrected chi connectivity index (χ3v) is 5.63. The van der Waals surface area contributed by atoms with Gasteiger partial charge in [-0.15, -0.1) is 12.4 Å². The smallest absolute Gasteiger partial charge is 0.326 e. The lowest BCUT2D eigenvalue weighted by molar-refractivity contribution is 0.373. The number of nitrogens with one attached hydrogen (secondary N) is 3. The first-order valence-electron chi connectivity index (χ1n) is 7.39. The number of hydrogen-bond donors (Lipinski definition) is 4. The van der Waals surface area contributed by atoms with E-state index in [2.05, 4.69) is 14.7 Å². The highest BCUT2D eigenvalue weighted by atomic mass is 35.5. The zero-order valence-corrected chi connectivity index (χ0v) is 14.4. The average Bonchev–Trinajstić information content (AvgIpc) is 2.49. The van der Waals surface area contributed by atoms with E-state index >= 15 is 0 Å². The van der Waals surface area contributed by atoms with Crippen molar-refractivity contribution in [1.82, 2.24) is 14.7 Å². The number of nitrogens with two attached hydrogens (primary N) is 1. The molecule has 132 valence electrons. The molecule has 0 unspecified atom stereocenters. The minimum atomic E-state index is -3.73. The van der Waals surface area contributed by atoms with Crippen LogP contribution < -0.4 is 21.7 Å². The molecule has 0 radical (unpaired) electrons. The second-order valence-corrected chi connectivity index (χ2v) is 7.56. The summed E-state index contributed by atoms with van der Waals surface area (Å²) < 4.78 is 27.6. The number of rotatable bonds is 3. The molecule has 0 aliphatic heterocycles. The van der Waals surface area contributed by atoms with Crippen LogP contribution in [0.5, 0.6) is 0 Å². The van der Waals surface area contributed by atoms with Gasteiger partial charge in [-0.3, -0.25) is 9.78 Å². The first kappa shape index (κ1) is 18.7. The van der Waals surface area contributed by atoms with Crippen LogP contribution in [0.25, 0.3) is 10.9 Å². The van der Waals surface area contributed by atoms with Crippen LogP contribution in [0.15, 0.2) is 32.7 Å². The van der Waals surface area contributed by atoms with E-state index in [1.165, 1.54) is 18.2 Å². The lowest BCUT2D eigenvalue weighted by Crippen LogP contribution is -2.40. The van der Waals surface area contributed by atoms with Crippen molar-refractivity contribution in [3.63, 3.8) is 0 Å². The predicted molar refractivity (Wildman–Crippen MR) is 93.0 cm³/mol. The third kappa shape index (κ3) is 3.86. The van der Waals surface area contributed by atoms with Crippen LogP contribution in [0.4, 0.5) is 0 Å². The normalized spacial score (nSPS) is 21.4. The van der Waals surface area contributed by atoms with Gasteiger partial charge in [0, 0.05) is 12.1 Å². The number of halogens is 1. The summed E-state index contributed by atoms with van der Waals surface area (Å²) in [4.78, 5) is 27.6. The summed E-state index contributed by atoms with van der Waals surface area (Å²) in [6, 6.07) is 4.03. The van der Waals surface area contributed by atoms with Crippen LogP contribution in [-0.4, -0.2) is 30.5 Å². The Morgan fingerprint density at radius 3 is 2.42 bits per heavy atom. The van der Waals surface area contributed by atoms with E-state index in [1.807, 2.05) is 0 Å². The number of hydrogen-bond acceptors (Lipinski definition) is 5. The molecule has 0 bridgehead atoms. The van der Waals surface area contributed by atoms with E-state index in [4.69, 9.17) is 5.73 Å². The van der Waals surface area contributed by atoms with Gasteiger partial charge in [0.2, 0.25) is 10.0 Å². The molecule has 8 nitrogen and oxygen atoms in total. The van der Waals surface area contributed by atoms with Crippen molar-refractivity contribution >= 4 is 33.3 Å². The minimum absolute atomic E-state index is 0. The van der Waals surface area contributed by atoms with Crippen molar-refractivity contribution < 1.29 is 8.42 Å². The Kier molecular flexibility index (Phi) is 5.49. The average molecular weight is 375 g/mol. The lowest BCUT2D eigenvalue weighted by Gasteiger charge is -2.26. The summed E-state index contributed by atoms with van der Waals surface area (Å²) in [7, 11) is -3.73. The van der Waals surface area contributed by atoms with Crippen LogP contribution in [0.3, 0.4) is 0 Å². The van der Waals surface area contributed by atoms with E-state index in [1.54, 1.807) is 0 Å². The highest BCUT2D eigenvalue weighted by Crippen LogP contribution is 2.20. The van der Waals surface area contributed by atoms with Gasteiger partial charge in [0.15, 0.2) is 0 Å². The third-order valence-electron chi connectivity index (χ3n) is 4.11. The molecule has 1 saturated carbocycles. The molecule has 1 heterocycles. The van der Waals surface area contributed by atoms with E-state index in [-0.39, 0.29) is 34.8 Å². The predicted octanol–water partition coefficient (Wildman–Crippen LogP) is 0.186. The van der Waals surface area contributed by atoms with Crippen LogP contribution in [-0.2, 0) is 10.0 Å². The fraction of sp³-hybridized carbons (Fsp3) is 0.429. The van der Waals surface area contributed by atoms with Gasteiger partial charge in [0.25, 0.3) is 5.56 Å². The molecule has 1 fully saturated rings. The molecule has 2 aromatic rings. The van der Waals surface area contributed by atoms with E-state index < -0.39 is 21.3 Å². The summed E-state index contributed by atoms with van der Waals surface area (Å²) in [5.41, 5.74) is 4.86. The minimum Gasteiger partial charge on any atom is -0.328 e. The van der Waals surface area contributed by atoms with Gasteiger partial charge in [-0.05, 0) is 43.9 Å². The van der Waals surface area contributed by atoms with Gasteiger partial charge in [-0.1, -0.05) is 0 Å². The molecular weight excluding hydrogens is 356 g/mol. The molecule has 1 aliphatic rings. The fourth-order valence-electron chi connectivity index (χ4n) is 2.84. The second-order valence-electron chi connectivity index (χ2n) is 5.85. The lowest BCUT2D eigenvalue weighted by atomic mass is 9.93. The molecule has 0 atom stereocenters. The number of fused-ring (bicyclic) bond motifs is 1. The van der Waals surface area contributed by atoms with Gasteiger partial charge in [-0.2, -0.15) is 0 Å². The SMILES string of the molecule is Cl.NC1CCC(NS(=O)(=O)c2ccc3[nH]c(=O)[nH]c(=O)c3c2)CC1. The molecule has 5 N–H and O–H groups in total. The number of H-pyrrole nitrogens is 2. The van der Waals surface area contributed by atoms with E-state index in [0.29, 0.717) is 18.4 Å². The van der Waals surface area contributed by atoms with Gasteiger partial charge in [-0.25, -0.2) is 17.9 Å². The van der Waals surface area contributed by atoms with E-state index in [9.17, 15) is 18.0 Å². The van der Waals surface area contributed by atoms with Crippen molar-refractivity contribution in [2.75, 3.05) is 0 Å². The Labute approximate surface area is 144 Å². The molecule has 1 aliphatic carbocycles. The first-order chi connectivity index (χ1) is 10.8. The first-order valence-corrected chi connectivity index (χ1v) is 8.88. The van der Waals surface area contributed by atoms with Crippen molar-refractivity contribution in [2.45, 2.75) is 42.7 Å². The number of benzene rings is 1. The molecular formula is C14H19ClN4O4S. The van der Waals surface area contributed by atoms with Crippen LogP contribution in [0.2, 0.25) is 0 Å². The van der Waals surface area contributed by atoms with Crippen molar-refractivity contribution in [3.8, 4) is 0 Å². The fourth-order valence-corrected chi connectivity index (χ4v) is 4.17. The maximum Gasteiger partial charge on any atom is 0.326 e. The standard InChI is InChI=1S/C14H18N4O4S.ClH/c15-8-1-3-9(4-2-8)18-23(21,22)10-5-6-12-11(7-10)13(19)17-14(20)16-12;/h5-9,18H,1-4,15H2,(H2,16,17,19,20);1H. The van der Waals surface area contributed by atoms with Crippen LogP contribution >= 0.6 is 12.4 Å². The largest absolute Gasteiger partial charge is 0.328 e. The Bertz CT molecular complexity index is 945. The van der Waals surface area contributed by atoms with Gasteiger partial charge in [0.1, 0.15) is 0 Å². The van der Waals surface area contributed by atoms with E-state index in [0.717, 1.165) is 12.8 Å². The molecule has 1 aromatic carbocycles. The zero-order valence-electron chi connectivity index (χ0n) is 12.7. The Morgan fingerprint density at radius 2 is 1.75 bits per heavy atom. The molecule has 24 heavy (non-hydrogen) atoms. The van der Waals surface area contributed by atoms with Crippen molar-refractivity contribution in [3.05, 3.63) is 39.0 Å². The van der Waals surface area contributed by atoms with Gasteiger partial charge >= 0.3 is 5.69 Å². The number of aromatic amines is 2. The second kappa shape index (κ2) is 7.06. The number of sulfonamides is 1. The summed E-state index contributed by atoms with van der Waals surface area (Å²) in [6.07, 6.45) is 2.96. The zero-order chi connectivity index (χ0) is 16.6. The molecule has 0 saturated heterocycles. The number of aromatic nitrogens is 2. The maximum absolute atomic E-state index is 12.5. The summed E-state index contributed by atoms with van der Waals surface area (Å²) in [5.74, 6) is 0. The molecule has 0 spiro atoms. The van der Waals surface area contributed by atoms with Crippen LogP contribution in [0.1, 0.15) is 25.7 Å². The molecule has 1 aromatic heterocycles. The monoisotopic (exact) mass is 374 g/mol. The quantitative estimate of drug-likeness (QED) is 0.607. The highest BCUT2D eigenvalue weighted by Gasteiger charge is 2.24. The Hall–Kier alpha value is -1.68. The van der Waals surface area contributed by atoms with Gasteiger partial charge < -0.3 is 10.7 Å². The van der Waals surface area contributed by atoms with Crippen LogP contribution in [0, 0.1) is 0 Å². The summed E-state index contributed by atoms with van der Waals surface area (Å²) >= 11 is 0. The molecule has 0 amide bonds. The maximum atomic E-state index is 12.5. The topological polar surface area (TPSA) is 138 Å². The summed E-state index contributed by atoms with van der Waals surface area (Å²) in [5, 5.41) is 0.123. The molecule has 10 heteroatoms. The van der Waals surface area contributed by atoms with Crippen molar-refractivity contribution in [2.24, 2.45) is 5.73 Å². The summed E-state index contributed by atoms with van der Waals surface area (Å²) in [6.45, 7) is 0. The highest BCUT2D eigenvalue weighted by molar-refractivity contribution is 7.89. The van der Waals surface area contributed by atoms with Gasteiger partial charge in [0.05, 0.1) is 15.8 Å².